The summed E-state index contributed by atoms with van der Waals surface area (Å²) >= 11 is 0. The molecule has 5 nitrogen and oxygen atoms in total. The Hall–Kier alpha value is -3.08. The largest absolute Gasteiger partial charge is 0.443 e. The summed E-state index contributed by atoms with van der Waals surface area (Å²) < 4.78 is 7.02. The number of unbranched alkanes of at least 4 members (excludes halogenated alkanes) is 2. The minimum Gasteiger partial charge on any atom is -0.443 e. The molecule has 0 saturated carbocycles. The van der Waals surface area contributed by atoms with E-state index in [-0.39, 0.29) is 12.0 Å². The molecular formula is C28H38N2O3. The number of benzene rings is 1. The fourth-order valence-corrected chi connectivity index (χ4v) is 3.16. The third-order valence-corrected chi connectivity index (χ3v) is 4.79. The molecule has 0 aliphatic heterocycles. The van der Waals surface area contributed by atoms with Gasteiger partial charge in [0, 0.05) is 24.2 Å². The van der Waals surface area contributed by atoms with Gasteiger partial charge in [-0.1, -0.05) is 50.3 Å². The van der Waals surface area contributed by atoms with Crippen LogP contribution >= 0.6 is 0 Å². The van der Waals surface area contributed by atoms with Crippen molar-refractivity contribution in [2.24, 2.45) is 5.92 Å². The molecule has 0 saturated heterocycles. The van der Waals surface area contributed by atoms with Gasteiger partial charge < -0.3 is 10.1 Å². The van der Waals surface area contributed by atoms with Crippen LogP contribution in [0.1, 0.15) is 59.4 Å². The summed E-state index contributed by atoms with van der Waals surface area (Å²) in [5, 5.41) is 3.88. The molecular weight excluding hydrogens is 412 g/mol. The number of amides is 1. The van der Waals surface area contributed by atoms with Crippen molar-refractivity contribution in [2.75, 3.05) is 6.54 Å². The molecule has 178 valence electrons. The maximum atomic E-state index is 12.4. The van der Waals surface area contributed by atoms with Gasteiger partial charge in [-0.15, -0.1) is 0 Å². The van der Waals surface area contributed by atoms with E-state index >= 15 is 0 Å². The van der Waals surface area contributed by atoms with E-state index in [0.29, 0.717) is 12.5 Å². The smallest absolute Gasteiger partial charge is 0.418 e. The molecule has 0 atom stereocenters. The molecule has 2 aromatic rings. The number of nitrogens with one attached hydrogen (secondary N) is 1. The predicted octanol–water partition coefficient (Wildman–Crippen LogP) is 6.58. The van der Waals surface area contributed by atoms with E-state index < -0.39 is 5.60 Å². The van der Waals surface area contributed by atoms with Crippen molar-refractivity contribution >= 4 is 22.9 Å². The minimum atomic E-state index is -0.519. The van der Waals surface area contributed by atoms with Crippen LogP contribution < -0.4 is 5.32 Å². The highest BCUT2D eigenvalue weighted by Crippen LogP contribution is 2.20. The first-order valence-corrected chi connectivity index (χ1v) is 11.7. The van der Waals surface area contributed by atoms with Gasteiger partial charge in [-0.05, 0) is 76.1 Å². The van der Waals surface area contributed by atoms with Gasteiger partial charge in [0.2, 0.25) is 5.91 Å². The highest BCUT2D eigenvalue weighted by Gasteiger charge is 2.18. The monoisotopic (exact) mass is 450 g/mol. The summed E-state index contributed by atoms with van der Waals surface area (Å²) in [6, 6.07) is 8.10. The highest BCUT2D eigenvalue weighted by atomic mass is 16.6. The Balaban J connectivity index is 1.72. The lowest BCUT2D eigenvalue weighted by Gasteiger charge is -2.19. The fourth-order valence-electron chi connectivity index (χ4n) is 3.16. The van der Waals surface area contributed by atoms with Crippen LogP contribution in [-0.4, -0.2) is 28.7 Å². The van der Waals surface area contributed by atoms with Crippen LogP contribution in [-0.2, 0) is 16.0 Å². The molecule has 0 radical (unpaired) electrons. The van der Waals surface area contributed by atoms with Crippen molar-refractivity contribution in [3.05, 3.63) is 72.5 Å². The third-order valence-electron chi connectivity index (χ3n) is 4.79. The van der Waals surface area contributed by atoms with Crippen LogP contribution in [0.25, 0.3) is 10.9 Å². The Bertz CT molecular complexity index is 1000. The molecule has 33 heavy (non-hydrogen) atoms. The molecule has 0 fully saturated rings. The standard InChI is InChI=1S/C28H38N2O3/c1-22(2)21-29-26(31)15-13-11-9-7-6-8-10-12-14-23-16-17-25-24(20-23)18-19-30(25)27(32)33-28(3,4)5/h9-13,15-20,22H,6-8,14,21H2,1-5H3,(H,29,31)/b11-9+,12-10+,15-13+. The van der Waals surface area contributed by atoms with Crippen molar-refractivity contribution in [1.29, 1.82) is 0 Å². The molecule has 1 heterocycles. The fraction of sp³-hybridized carbons (Fsp3) is 0.429. The molecule has 0 spiro atoms. The van der Waals surface area contributed by atoms with Gasteiger partial charge in [-0.25, -0.2) is 4.79 Å². The second-order valence-electron chi connectivity index (χ2n) is 9.59. The van der Waals surface area contributed by atoms with Crippen molar-refractivity contribution < 1.29 is 14.3 Å². The van der Waals surface area contributed by atoms with Gasteiger partial charge in [0.1, 0.15) is 5.60 Å². The number of carbonyl (C=O) groups excluding carboxylic acids is 2. The van der Waals surface area contributed by atoms with E-state index in [0.717, 1.165) is 36.6 Å². The minimum absolute atomic E-state index is 0.0455. The number of hydrogen-bond donors (Lipinski definition) is 1. The van der Waals surface area contributed by atoms with Crippen LogP contribution in [0.15, 0.2) is 66.9 Å². The molecule has 2 rings (SSSR count). The average Bonchev–Trinajstić information content (AvgIpc) is 3.16. The normalized spacial score (nSPS) is 12.5. The zero-order valence-corrected chi connectivity index (χ0v) is 20.6. The Morgan fingerprint density at radius 1 is 1.06 bits per heavy atom. The summed E-state index contributed by atoms with van der Waals surface area (Å²) in [4.78, 5) is 23.9. The molecule has 0 aliphatic carbocycles. The first-order chi connectivity index (χ1) is 15.7. The van der Waals surface area contributed by atoms with Crippen molar-refractivity contribution in [2.45, 2.75) is 65.9 Å². The van der Waals surface area contributed by atoms with Gasteiger partial charge >= 0.3 is 6.09 Å². The second kappa shape index (κ2) is 12.8. The van der Waals surface area contributed by atoms with Gasteiger partial charge in [0.15, 0.2) is 0 Å². The zero-order chi connectivity index (χ0) is 24.3. The molecule has 1 N–H and O–H groups in total. The molecule has 0 aliphatic rings. The van der Waals surface area contributed by atoms with Crippen molar-refractivity contribution in [3.8, 4) is 0 Å². The Kier molecular flexibility index (Phi) is 10.2. The van der Waals surface area contributed by atoms with E-state index in [1.807, 2.05) is 39.0 Å². The first kappa shape index (κ1) is 26.2. The number of ether oxygens (including phenoxy) is 1. The summed E-state index contributed by atoms with van der Waals surface area (Å²) in [5.41, 5.74) is 1.55. The van der Waals surface area contributed by atoms with Crippen LogP contribution in [0.3, 0.4) is 0 Å². The maximum absolute atomic E-state index is 12.4. The number of aromatic nitrogens is 1. The first-order valence-electron chi connectivity index (χ1n) is 11.7. The summed E-state index contributed by atoms with van der Waals surface area (Å²) in [6.45, 7) is 10.4. The summed E-state index contributed by atoms with van der Waals surface area (Å²) in [7, 11) is 0. The maximum Gasteiger partial charge on any atom is 0.418 e. The van der Waals surface area contributed by atoms with Gasteiger partial charge in [-0.2, -0.15) is 0 Å². The van der Waals surface area contributed by atoms with Gasteiger partial charge in [-0.3, -0.25) is 9.36 Å². The molecule has 1 aromatic heterocycles. The third kappa shape index (κ3) is 9.94. The quantitative estimate of drug-likeness (QED) is 0.192. The highest BCUT2D eigenvalue weighted by molar-refractivity contribution is 5.90. The molecule has 1 amide bonds. The SMILES string of the molecule is CC(C)CNC(=O)/C=C/C=C/CCC/C=C/Cc1ccc2c(ccn2C(=O)OC(C)(C)C)c1. The Morgan fingerprint density at radius 2 is 1.82 bits per heavy atom. The van der Waals surface area contributed by atoms with Crippen LogP contribution in [0.2, 0.25) is 0 Å². The zero-order valence-electron chi connectivity index (χ0n) is 20.6. The van der Waals surface area contributed by atoms with E-state index in [1.165, 1.54) is 5.56 Å². The van der Waals surface area contributed by atoms with E-state index in [1.54, 1.807) is 22.9 Å². The summed E-state index contributed by atoms with van der Waals surface area (Å²) in [5.74, 6) is 0.413. The van der Waals surface area contributed by atoms with Crippen molar-refractivity contribution in [1.82, 2.24) is 9.88 Å². The molecule has 0 unspecified atom stereocenters. The van der Waals surface area contributed by atoms with Crippen LogP contribution in [0.4, 0.5) is 4.79 Å². The topological polar surface area (TPSA) is 60.3 Å². The summed E-state index contributed by atoms with van der Waals surface area (Å²) in [6.07, 6.45) is 17.1. The van der Waals surface area contributed by atoms with Crippen LogP contribution in [0, 0.1) is 5.92 Å². The number of carbonyl (C=O) groups is 2. The number of hydrogen-bond acceptors (Lipinski definition) is 3. The average molecular weight is 451 g/mol. The van der Waals surface area contributed by atoms with Crippen LogP contribution in [0.5, 0.6) is 0 Å². The van der Waals surface area contributed by atoms with Crippen molar-refractivity contribution in [3.63, 3.8) is 0 Å². The lowest BCUT2D eigenvalue weighted by atomic mass is 10.1. The number of nitrogens with zero attached hydrogens (tertiary/aromatic N) is 1. The van der Waals surface area contributed by atoms with E-state index in [4.69, 9.17) is 4.74 Å². The molecule has 5 heteroatoms. The Labute approximate surface area is 198 Å². The molecule has 0 bridgehead atoms. The number of allylic oxidation sites excluding steroid dienone is 5. The number of rotatable bonds is 10. The van der Waals surface area contributed by atoms with E-state index in [9.17, 15) is 9.59 Å². The lowest BCUT2D eigenvalue weighted by Crippen LogP contribution is -2.26. The van der Waals surface area contributed by atoms with E-state index in [2.05, 4.69) is 49.5 Å². The van der Waals surface area contributed by atoms with Gasteiger partial charge in [0.25, 0.3) is 0 Å². The lowest BCUT2D eigenvalue weighted by molar-refractivity contribution is -0.116. The second-order valence-corrected chi connectivity index (χ2v) is 9.59. The predicted molar refractivity (Wildman–Crippen MR) is 136 cm³/mol. The molecule has 1 aromatic carbocycles. The number of fused-ring (bicyclic) bond motifs is 1. The van der Waals surface area contributed by atoms with Gasteiger partial charge in [0.05, 0.1) is 5.52 Å². The Morgan fingerprint density at radius 3 is 2.55 bits per heavy atom.